The van der Waals surface area contributed by atoms with Gasteiger partial charge in [0.2, 0.25) is 5.82 Å². The number of benzene rings is 1. The van der Waals surface area contributed by atoms with E-state index in [-0.39, 0.29) is 33.2 Å². The SMILES string of the molecule is Cn1nnc(-c2cc(-n3c(=O)cc(C(F)(F)F)[nH]c3=O)c(Cl)cc2Cl)n1. The highest BCUT2D eigenvalue weighted by Crippen LogP contribution is 2.32. The molecule has 0 bridgehead atoms. The van der Waals surface area contributed by atoms with Gasteiger partial charge < -0.3 is 4.98 Å². The molecule has 1 aromatic carbocycles. The first kappa shape index (κ1) is 18.1. The molecule has 0 aliphatic rings. The van der Waals surface area contributed by atoms with Crippen LogP contribution in [-0.4, -0.2) is 29.8 Å². The number of hydrogen-bond acceptors (Lipinski definition) is 5. The topological polar surface area (TPSA) is 98.5 Å². The van der Waals surface area contributed by atoms with E-state index in [4.69, 9.17) is 23.2 Å². The summed E-state index contributed by atoms with van der Waals surface area (Å²) in [5.41, 5.74) is -4.00. The fraction of sp³-hybridized carbons (Fsp3) is 0.154. The number of alkyl halides is 3. The predicted molar refractivity (Wildman–Crippen MR) is 85.5 cm³/mol. The van der Waals surface area contributed by atoms with Gasteiger partial charge in [-0.1, -0.05) is 23.2 Å². The Morgan fingerprint density at radius 2 is 1.81 bits per heavy atom. The zero-order chi connectivity index (χ0) is 19.2. The average Bonchev–Trinajstić information content (AvgIpc) is 2.93. The Balaban J connectivity index is 2.25. The standard InChI is InChI=1S/C13H7Cl2F3N6O2/c1-23-21-11(20-22-23)5-2-8(7(15)3-6(5)14)24-10(25)4-9(13(16,17)18)19-12(24)26/h2-4H,1H3,(H,19,26). The Morgan fingerprint density at radius 1 is 1.12 bits per heavy atom. The second-order valence-electron chi connectivity index (χ2n) is 5.05. The molecule has 0 fully saturated rings. The van der Waals surface area contributed by atoms with E-state index < -0.39 is 23.1 Å². The molecule has 3 aromatic rings. The Labute approximate surface area is 151 Å². The van der Waals surface area contributed by atoms with Crippen LogP contribution < -0.4 is 11.2 Å². The van der Waals surface area contributed by atoms with Gasteiger partial charge in [-0.25, -0.2) is 9.36 Å². The lowest BCUT2D eigenvalue weighted by Crippen LogP contribution is -2.36. The number of hydrogen-bond donors (Lipinski definition) is 1. The van der Waals surface area contributed by atoms with Gasteiger partial charge in [-0.15, -0.1) is 10.2 Å². The average molecular weight is 407 g/mol. The largest absolute Gasteiger partial charge is 0.431 e. The lowest BCUT2D eigenvalue weighted by Gasteiger charge is -2.11. The molecule has 0 aliphatic carbocycles. The van der Waals surface area contributed by atoms with Gasteiger partial charge in [0.15, 0.2) is 0 Å². The maximum absolute atomic E-state index is 12.7. The van der Waals surface area contributed by atoms with Gasteiger partial charge >= 0.3 is 11.9 Å². The second-order valence-corrected chi connectivity index (χ2v) is 5.86. The molecule has 2 aromatic heterocycles. The normalized spacial score (nSPS) is 11.8. The maximum Gasteiger partial charge on any atom is 0.431 e. The van der Waals surface area contributed by atoms with Gasteiger partial charge in [0.25, 0.3) is 5.56 Å². The molecule has 2 heterocycles. The summed E-state index contributed by atoms with van der Waals surface area (Å²) < 4.78 is 38.6. The minimum absolute atomic E-state index is 0.0757. The number of H-pyrrole nitrogens is 1. The van der Waals surface area contributed by atoms with Crippen LogP contribution in [0.1, 0.15) is 5.69 Å². The van der Waals surface area contributed by atoms with Crippen LogP contribution in [0.2, 0.25) is 10.0 Å². The number of halogens is 5. The van der Waals surface area contributed by atoms with Crippen molar-refractivity contribution in [3.63, 3.8) is 0 Å². The van der Waals surface area contributed by atoms with Gasteiger partial charge in [0.1, 0.15) is 5.69 Å². The molecule has 0 atom stereocenters. The van der Waals surface area contributed by atoms with Crippen LogP contribution in [0.4, 0.5) is 13.2 Å². The molecule has 0 saturated carbocycles. The van der Waals surface area contributed by atoms with Crippen molar-refractivity contribution in [2.75, 3.05) is 0 Å². The number of nitrogens with one attached hydrogen (secondary N) is 1. The van der Waals surface area contributed by atoms with Crippen molar-refractivity contribution in [3.8, 4) is 17.1 Å². The third-order valence-electron chi connectivity index (χ3n) is 3.26. The Bertz CT molecular complexity index is 1090. The molecule has 13 heteroatoms. The Morgan fingerprint density at radius 3 is 2.35 bits per heavy atom. The van der Waals surface area contributed by atoms with Gasteiger partial charge in [-0.3, -0.25) is 4.79 Å². The molecule has 0 unspecified atom stereocenters. The molecular formula is C13H7Cl2F3N6O2. The van der Waals surface area contributed by atoms with E-state index >= 15 is 0 Å². The van der Waals surface area contributed by atoms with E-state index in [1.807, 2.05) is 0 Å². The van der Waals surface area contributed by atoms with Crippen LogP contribution in [0.15, 0.2) is 27.8 Å². The van der Waals surface area contributed by atoms with Crippen LogP contribution in [-0.2, 0) is 13.2 Å². The Hall–Kier alpha value is -2.66. The van der Waals surface area contributed by atoms with Crippen LogP contribution in [0.25, 0.3) is 17.1 Å². The van der Waals surface area contributed by atoms with Gasteiger partial charge in [-0.05, 0) is 17.3 Å². The smallest absolute Gasteiger partial charge is 0.303 e. The van der Waals surface area contributed by atoms with Crippen molar-refractivity contribution in [1.29, 1.82) is 0 Å². The minimum atomic E-state index is -4.88. The number of aromatic amines is 1. The lowest BCUT2D eigenvalue weighted by molar-refractivity contribution is -0.141. The summed E-state index contributed by atoms with van der Waals surface area (Å²) in [4.78, 5) is 26.9. The van der Waals surface area contributed by atoms with E-state index in [9.17, 15) is 22.8 Å². The molecular weight excluding hydrogens is 400 g/mol. The molecule has 8 nitrogen and oxygen atoms in total. The van der Waals surface area contributed by atoms with Crippen molar-refractivity contribution < 1.29 is 13.2 Å². The van der Waals surface area contributed by atoms with Crippen LogP contribution in [0.5, 0.6) is 0 Å². The number of tetrazole rings is 1. The summed E-state index contributed by atoms with van der Waals surface area (Å²) in [5, 5.41) is 11.3. The third kappa shape index (κ3) is 3.22. The number of nitrogens with zero attached hydrogens (tertiary/aromatic N) is 5. The number of aromatic nitrogens is 6. The predicted octanol–water partition coefficient (Wildman–Crippen LogP) is 2.04. The molecule has 0 amide bonds. The summed E-state index contributed by atoms with van der Waals surface area (Å²) in [6.45, 7) is 0. The molecule has 3 rings (SSSR count). The fourth-order valence-corrected chi connectivity index (χ4v) is 2.70. The van der Waals surface area contributed by atoms with E-state index in [1.165, 1.54) is 19.2 Å². The number of rotatable bonds is 2. The van der Waals surface area contributed by atoms with E-state index in [0.29, 0.717) is 4.57 Å². The summed E-state index contributed by atoms with van der Waals surface area (Å²) in [5.74, 6) is 0.0757. The van der Waals surface area contributed by atoms with Gasteiger partial charge in [0.05, 0.1) is 22.8 Å². The molecule has 26 heavy (non-hydrogen) atoms. The highest BCUT2D eigenvalue weighted by atomic mass is 35.5. The van der Waals surface area contributed by atoms with Crippen molar-refractivity contribution >= 4 is 23.2 Å². The van der Waals surface area contributed by atoms with Crippen LogP contribution in [0, 0.1) is 0 Å². The van der Waals surface area contributed by atoms with Crippen molar-refractivity contribution in [3.05, 3.63) is 54.8 Å². The molecule has 0 aliphatic heterocycles. The second kappa shape index (κ2) is 6.25. The molecule has 136 valence electrons. The van der Waals surface area contributed by atoms with Crippen LogP contribution >= 0.6 is 23.2 Å². The zero-order valence-electron chi connectivity index (χ0n) is 12.7. The molecule has 1 N–H and O–H groups in total. The summed E-state index contributed by atoms with van der Waals surface area (Å²) in [6, 6.07) is 2.69. The van der Waals surface area contributed by atoms with E-state index in [1.54, 1.807) is 4.98 Å². The Kier molecular flexibility index (Phi) is 4.36. The first-order chi connectivity index (χ1) is 12.1. The first-order valence-corrected chi connectivity index (χ1v) is 7.51. The van der Waals surface area contributed by atoms with Gasteiger partial charge in [-0.2, -0.15) is 18.0 Å². The highest BCUT2D eigenvalue weighted by Gasteiger charge is 2.33. The van der Waals surface area contributed by atoms with Crippen molar-refractivity contribution in [2.24, 2.45) is 7.05 Å². The summed E-state index contributed by atoms with van der Waals surface area (Å²) in [7, 11) is 1.51. The third-order valence-corrected chi connectivity index (χ3v) is 3.88. The molecule has 0 spiro atoms. The first-order valence-electron chi connectivity index (χ1n) is 6.75. The van der Waals surface area contributed by atoms with E-state index in [2.05, 4.69) is 15.4 Å². The molecule has 0 saturated heterocycles. The van der Waals surface area contributed by atoms with Gasteiger partial charge in [0, 0.05) is 11.6 Å². The number of aryl methyl sites for hydroxylation is 1. The minimum Gasteiger partial charge on any atom is -0.303 e. The summed E-state index contributed by atoms with van der Waals surface area (Å²) in [6.07, 6.45) is -4.88. The van der Waals surface area contributed by atoms with Crippen LogP contribution in [0.3, 0.4) is 0 Å². The van der Waals surface area contributed by atoms with Crippen molar-refractivity contribution in [1.82, 2.24) is 29.8 Å². The summed E-state index contributed by atoms with van der Waals surface area (Å²) >= 11 is 12.1. The highest BCUT2D eigenvalue weighted by molar-refractivity contribution is 6.37. The monoisotopic (exact) mass is 406 g/mol. The van der Waals surface area contributed by atoms with Crippen molar-refractivity contribution in [2.45, 2.75) is 6.18 Å². The van der Waals surface area contributed by atoms with E-state index in [0.717, 1.165) is 4.80 Å². The lowest BCUT2D eigenvalue weighted by atomic mass is 10.2. The zero-order valence-corrected chi connectivity index (χ0v) is 14.2. The maximum atomic E-state index is 12.7. The fourth-order valence-electron chi connectivity index (χ4n) is 2.15. The quantitative estimate of drug-likeness (QED) is 0.701. The molecule has 0 radical (unpaired) electrons.